The van der Waals surface area contributed by atoms with E-state index in [1.807, 2.05) is 13.8 Å². The van der Waals surface area contributed by atoms with Gasteiger partial charge in [0, 0.05) is 19.1 Å². The summed E-state index contributed by atoms with van der Waals surface area (Å²) in [6, 6.07) is 0.842. The highest BCUT2D eigenvalue weighted by atomic mass is 16.5. The highest BCUT2D eigenvalue weighted by molar-refractivity contribution is 5.39. The van der Waals surface area contributed by atoms with E-state index < -0.39 is 0 Å². The fourth-order valence-electron chi connectivity index (χ4n) is 2.52. The largest absolute Gasteiger partial charge is 0.464 e. The van der Waals surface area contributed by atoms with Gasteiger partial charge in [-0.05, 0) is 39.5 Å². The lowest BCUT2D eigenvalue weighted by atomic mass is 9.92. The van der Waals surface area contributed by atoms with Gasteiger partial charge >= 0.3 is 6.01 Å². The summed E-state index contributed by atoms with van der Waals surface area (Å²) in [5.41, 5.74) is 0. The Morgan fingerprint density at radius 1 is 1.25 bits per heavy atom. The average molecular weight is 279 g/mol. The lowest BCUT2D eigenvalue weighted by molar-refractivity contribution is 0.309. The number of rotatable bonds is 5. The van der Waals surface area contributed by atoms with Crippen LogP contribution in [0.25, 0.3) is 0 Å². The van der Waals surface area contributed by atoms with E-state index in [4.69, 9.17) is 4.74 Å². The highest BCUT2D eigenvalue weighted by Crippen LogP contribution is 2.27. The molecule has 0 spiro atoms. The van der Waals surface area contributed by atoms with Crippen molar-refractivity contribution in [2.45, 2.75) is 46.6 Å². The normalized spacial score (nSPS) is 22.7. The summed E-state index contributed by atoms with van der Waals surface area (Å²) < 4.78 is 5.46. The van der Waals surface area contributed by atoms with Crippen LogP contribution in [0.2, 0.25) is 0 Å². The summed E-state index contributed by atoms with van der Waals surface area (Å²) in [5, 5.41) is 3.14. The van der Waals surface area contributed by atoms with Crippen molar-refractivity contribution in [3.8, 4) is 6.01 Å². The summed E-state index contributed by atoms with van der Waals surface area (Å²) in [6.45, 7) is 10.8. The number of nitrogens with one attached hydrogen (secondary N) is 1. The fraction of sp³-hybridized carbons (Fsp3) is 0.786. The molecule has 0 amide bonds. The molecular weight excluding hydrogens is 254 g/mol. The maximum Gasteiger partial charge on any atom is 0.323 e. The van der Waals surface area contributed by atoms with Crippen LogP contribution >= 0.6 is 0 Å². The smallest absolute Gasteiger partial charge is 0.323 e. The van der Waals surface area contributed by atoms with Crippen molar-refractivity contribution in [1.82, 2.24) is 15.0 Å². The maximum absolute atomic E-state index is 5.46. The Morgan fingerprint density at radius 2 is 2.05 bits per heavy atom. The second-order valence-corrected chi connectivity index (χ2v) is 5.26. The van der Waals surface area contributed by atoms with E-state index in [1.54, 1.807) is 0 Å². The molecule has 2 atom stereocenters. The van der Waals surface area contributed by atoms with E-state index in [-0.39, 0.29) is 0 Å². The molecule has 1 aliphatic heterocycles. The first-order chi connectivity index (χ1) is 9.65. The van der Waals surface area contributed by atoms with E-state index >= 15 is 0 Å². The molecule has 2 heterocycles. The van der Waals surface area contributed by atoms with Crippen LogP contribution in [-0.2, 0) is 0 Å². The zero-order chi connectivity index (χ0) is 14.5. The Bertz CT molecular complexity index is 415. The quantitative estimate of drug-likeness (QED) is 0.892. The summed E-state index contributed by atoms with van der Waals surface area (Å²) in [6.07, 6.45) is 2.44. The number of piperidine rings is 1. The van der Waals surface area contributed by atoms with Crippen LogP contribution in [0.1, 0.15) is 40.5 Å². The Morgan fingerprint density at radius 3 is 2.75 bits per heavy atom. The summed E-state index contributed by atoms with van der Waals surface area (Å²) in [4.78, 5) is 15.5. The average Bonchev–Trinajstić information content (AvgIpc) is 2.42. The third kappa shape index (κ3) is 3.29. The second kappa shape index (κ2) is 6.72. The Hall–Kier alpha value is -1.59. The first-order valence-electron chi connectivity index (χ1n) is 7.55. The molecule has 20 heavy (non-hydrogen) atoms. The third-order valence-electron chi connectivity index (χ3n) is 3.84. The first kappa shape index (κ1) is 14.8. The van der Waals surface area contributed by atoms with Crippen molar-refractivity contribution in [1.29, 1.82) is 0 Å². The van der Waals surface area contributed by atoms with Crippen LogP contribution < -0.4 is 15.0 Å². The summed E-state index contributed by atoms with van der Waals surface area (Å²) in [7, 11) is 0. The molecule has 0 aliphatic carbocycles. The van der Waals surface area contributed by atoms with Crippen LogP contribution in [0.3, 0.4) is 0 Å². The van der Waals surface area contributed by atoms with E-state index in [0.29, 0.717) is 30.5 Å². The lowest BCUT2D eigenvalue weighted by Crippen LogP contribution is -2.43. The van der Waals surface area contributed by atoms with Gasteiger partial charge in [-0.3, -0.25) is 0 Å². The van der Waals surface area contributed by atoms with Crippen LogP contribution in [-0.4, -0.2) is 40.7 Å². The van der Waals surface area contributed by atoms with Gasteiger partial charge in [-0.2, -0.15) is 15.0 Å². The monoisotopic (exact) mass is 279 g/mol. The minimum Gasteiger partial charge on any atom is -0.464 e. The van der Waals surface area contributed by atoms with E-state index in [0.717, 1.165) is 19.0 Å². The first-order valence-corrected chi connectivity index (χ1v) is 7.55. The molecule has 6 heteroatoms. The standard InChI is InChI=1S/C14H25N5O/c1-5-15-12-16-13(18-14(17-12)20-6-2)19-9-7-8-10(3)11(19)4/h10-11H,5-9H2,1-4H3,(H,15,16,17,18). The van der Waals surface area contributed by atoms with Gasteiger partial charge in [0.25, 0.3) is 0 Å². The van der Waals surface area contributed by atoms with Crippen molar-refractivity contribution in [3.05, 3.63) is 0 Å². The number of ether oxygens (including phenoxy) is 1. The summed E-state index contributed by atoms with van der Waals surface area (Å²) in [5.74, 6) is 1.96. The van der Waals surface area contributed by atoms with Gasteiger partial charge in [-0.25, -0.2) is 0 Å². The van der Waals surface area contributed by atoms with Crippen molar-refractivity contribution in [3.63, 3.8) is 0 Å². The predicted molar refractivity (Wildman–Crippen MR) is 80.4 cm³/mol. The molecule has 6 nitrogen and oxygen atoms in total. The predicted octanol–water partition coefficient (Wildman–Crippen LogP) is 2.33. The molecule has 2 rings (SSSR count). The van der Waals surface area contributed by atoms with Gasteiger partial charge < -0.3 is 15.0 Å². The highest BCUT2D eigenvalue weighted by Gasteiger charge is 2.27. The number of hydrogen-bond donors (Lipinski definition) is 1. The molecule has 1 fully saturated rings. The molecule has 0 aromatic carbocycles. The van der Waals surface area contributed by atoms with Crippen LogP contribution in [0.4, 0.5) is 11.9 Å². The molecule has 2 unspecified atom stereocenters. The minimum absolute atomic E-state index is 0.402. The third-order valence-corrected chi connectivity index (χ3v) is 3.84. The van der Waals surface area contributed by atoms with E-state index in [9.17, 15) is 0 Å². The van der Waals surface area contributed by atoms with Crippen molar-refractivity contribution in [2.24, 2.45) is 5.92 Å². The Kier molecular flexibility index (Phi) is 4.98. The van der Waals surface area contributed by atoms with E-state index in [1.165, 1.54) is 12.8 Å². The lowest BCUT2D eigenvalue weighted by Gasteiger charge is -2.37. The van der Waals surface area contributed by atoms with Crippen molar-refractivity contribution < 1.29 is 4.74 Å². The molecule has 1 aromatic heterocycles. The second-order valence-electron chi connectivity index (χ2n) is 5.26. The van der Waals surface area contributed by atoms with Gasteiger partial charge in [0.15, 0.2) is 0 Å². The van der Waals surface area contributed by atoms with Crippen LogP contribution in [0.5, 0.6) is 6.01 Å². The molecule has 1 N–H and O–H groups in total. The zero-order valence-electron chi connectivity index (χ0n) is 12.9. The molecule has 1 aliphatic rings. The van der Waals surface area contributed by atoms with Gasteiger partial charge in [0.2, 0.25) is 11.9 Å². The fourth-order valence-corrected chi connectivity index (χ4v) is 2.52. The Balaban J connectivity index is 2.28. The molecule has 112 valence electrons. The molecule has 1 aromatic rings. The molecule has 0 radical (unpaired) electrons. The summed E-state index contributed by atoms with van der Waals surface area (Å²) >= 11 is 0. The van der Waals surface area contributed by atoms with Crippen molar-refractivity contribution >= 4 is 11.9 Å². The maximum atomic E-state index is 5.46. The molecular formula is C14H25N5O. The minimum atomic E-state index is 0.402. The molecule has 0 bridgehead atoms. The van der Waals surface area contributed by atoms with Crippen LogP contribution in [0.15, 0.2) is 0 Å². The Labute approximate surface area is 121 Å². The molecule has 1 saturated heterocycles. The number of aromatic nitrogens is 3. The SMILES string of the molecule is CCNc1nc(OCC)nc(N2CCCC(C)C2C)n1. The van der Waals surface area contributed by atoms with Gasteiger partial charge in [0.1, 0.15) is 0 Å². The van der Waals surface area contributed by atoms with Gasteiger partial charge in [0.05, 0.1) is 6.61 Å². The van der Waals surface area contributed by atoms with Gasteiger partial charge in [-0.15, -0.1) is 0 Å². The van der Waals surface area contributed by atoms with E-state index in [2.05, 4.69) is 39.0 Å². The topological polar surface area (TPSA) is 63.2 Å². The van der Waals surface area contributed by atoms with Gasteiger partial charge in [-0.1, -0.05) is 6.92 Å². The van der Waals surface area contributed by atoms with Crippen LogP contribution in [0, 0.1) is 5.92 Å². The zero-order valence-corrected chi connectivity index (χ0v) is 12.9. The number of hydrogen-bond acceptors (Lipinski definition) is 6. The number of nitrogens with zero attached hydrogens (tertiary/aromatic N) is 4. The van der Waals surface area contributed by atoms with Crippen molar-refractivity contribution in [2.75, 3.05) is 29.9 Å². The number of anilines is 2. The molecule has 0 saturated carbocycles.